The number of aromatic nitrogens is 3. The second-order valence-electron chi connectivity index (χ2n) is 33.1. The topological polar surface area (TPSA) is 252 Å². The van der Waals surface area contributed by atoms with Gasteiger partial charge in [0.1, 0.15) is 53.8 Å². The minimum Gasteiger partial charge on any atom is -0.480 e. The monoisotopic (exact) mass is 1580 g/mol. The number of fused-ring (bicyclic) bond motifs is 3. The van der Waals surface area contributed by atoms with Gasteiger partial charge in [0.15, 0.2) is 0 Å². The van der Waals surface area contributed by atoms with Crippen molar-refractivity contribution in [3.8, 4) is 0 Å². The summed E-state index contributed by atoms with van der Waals surface area (Å²) in [5.41, 5.74) is 10.9. The number of nitrogens with one attached hydrogen (secondary N) is 3. The molecule has 21 nitrogen and oxygen atoms in total. The van der Waals surface area contributed by atoms with Crippen molar-refractivity contribution in [1.82, 2.24) is 29.7 Å². The van der Waals surface area contributed by atoms with E-state index in [0.29, 0.717) is 83.3 Å². The highest BCUT2D eigenvalue weighted by Gasteiger charge is 2.43. The standard InChI is InChI=1S/C31H43N3O4.C29H36F3N3O4.C29H38FN3O4/c1-31(2)16-14-27(38-21-31)25-10-3-4-11-26(25)28(30(35)36)34-18-15-24(20-34)37-19-6-5-9-23-13-12-22-8-7-17-32-29(22)33-23;30-20-7-9-23(25-10-12-29(31,32)18-39-25)24(16-20)26(28(36)37)35-14-11-22(17-35)38-15-2-1-5-21-8-6-19-4-3-13-33-27(19)34-21;30-24-10-5-9-23(25-11-2-4-18-37-25)26(24)27(29(34)35)33-16-14-22(19-33)36-17-3-1-8-21-13-12-20-7-6-15-31-28(20)32-21/h3-4,10-13,24,27-28H,5-9,14-21H2,1-2H3,(H,32,33)(H,35,36);6-9,16,22,25-26H,1-5,10-15,17-18H2,(H,33,34)(H,36,37);5,9-10,12-13,22,25,27H,1-4,6-8,11,14-19H2,(H,31,32)(H,34,35)/t24-,27+,28+;22-,25+,26+;22-,25+,27+/m111/s1. The molecule has 0 radical (unpaired) electrons. The van der Waals surface area contributed by atoms with Crippen LogP contribution in [0.3, 0.4) is 0 Å². The van der Waals surface area contributed by atoms with Crippen LogP contribution < -0.4 is 16.0 Å². The number of carboxylic acid groups (broad SMARTS) is 3. The average molecular weight is 1580 g/mol. The molecule has 9 atom stereocenters. The van der Waals surface area contributed by atoms with Crippen LogP contribution in [0.2, 0.25) is 0 Å². The second-order valence-corrected chi connectivity index (χ2v) is 33.1. The molecule has 15 rings (SSSR count). The Hall–Kier alpha value is -7.72. The number of anilines is 3. The van der Waals surface area contributed by atoms with Gasteiger partial charge in [-0.25, -0.2) is 32.5 Å². The summed E-state index contributed by atoms with van der Waals surface area (Å²) in [7, 11) is 0. The van der Waals surface area contributed by atoms with Gasteiger partial charge in [-0.1, -0.05) is 74.5 Å². The molecule has 3 aromatic heterocycles. The minimum atomic E-state index is -2.91. The van der Waals surface area contributed by atoms with E-state index in [1.807, 2.05) is 35.2 Å². The molecular formula is C89H117F4N9O12. The zero-order valence-corrected chi connectivity index (χ0v) is 66.4. The molecule has 0 amide bonds. The van der Waals surface area contributed by atoms with Crippen LogP contribution in [-0.2, 0) is 81.3 Å². The summed E-state index contributed by atoms with van der Waals surface area (Å²) >= 11 is 0. The Labute approximate surface area is 668 Å². The molecule has 25 heteroatoms. The van der Waals surface area contributed by atoms with Gasteiger partial charge in [0, 0.05) is 114 Å². The van der Waals surface area contributed by atoms with E-state index >= 15 is 4.39 Å². The molecule has 6 fully saturated rings. The first kappa shape index (κ1) is 84.2. The SMILES string of the molecule is CC1(C)CC[C@@H](c2ccccc2[C@@H](C(=O)O)N2CC[C@@H](OCCCCc3ccc4c(n3)NCCC4)C2)OC1.O=C(O)[C@H](c1c(F)cccc1[C@@H]1CCCCO1)N1CC[C@@H](OCCCCc2ccc3c(n2)NCCC3)C1.O=C(O)[C@H](c1cc(F)ccc1[C@@H]1CCC(F)(F)CO1)N1CC[C@@H](OCCCCc2ccc3c(n2)NCCC3)C1. The van der Waals surface area contributed by atoms with E-state index in [1.54, 1.807) is 11.0 Å². The molecule has 6 saturated heterocycles. The largest absolute Gasteiger partial charge is 0.480 e. The fourth-order valence-corrected chi connectivity index (χ4v) is 17.8. The van der Waals surface area contributed by atoms with E-state index in [0.717, 1.165) is 207 Å². The van der Waals surface area contributed by atoms with Gasteiger partial charge in [-0.05, 0) is 240 Å². The summed E-state index contributed by atoms with van der Waals surface area (Å²) in [5, 5.41) is 40.7. The molecule has 0 bridgehead atoms. The Morgan fingerprint density at radius 3 is 1.41 bits per heavy atom. The zero-order valence-electron chi connectivity index (χ0n) is 66.4. The van der Waals surface area contributed by atoms with Crippen molar-refractivity contribution < 1.29 is 75.7 Å². The number of aryl methyl sites for hydroxylation is 6. The Bertz CT molecular complexity index is 4150. The number of benzene rings is 3. The summed E-state index contributed by atoms with van der Waals surface area (Å²) in [5.74, 6) is -3.81. The van der Waals surface area contributed by atoms with Crippen molar-refractivity contribution in [2.75, 3.05) is 114 Å². The number of hydrogen-bond acceptors (Lipinski definition) is 18. The highest BCUT2D eigenvalue weighted by molar-refractivity contribution is 5.78. The lowest BCUT2D eigenvalue weighted by molar-refractivity contribution is -0.147. The van der Waals surface area contributed by atoms with Crippen molar-refractivity contribution in [1.29, 1.82) is 0 Å². The van der Waals surface area contributed by atoms with Gasteiger partial charge in [-0.15, -0.1) is 0 Å². The number of alkyl halides is 2. The lowest BCUT2D eigenvalue weighted by atomic mass is 9.82. The molecule has 12 heterocycles. The van der Waals surface area contributed by atoms with Gasteiger partial charge in [0.25, 0.3) is 5.92 Å². The second kappa shape index (κ2) is 40.4. The van der Waals surface area contributed by atoms with Gasteiger partial charge in [-0.3, -0.25) is 29.1 Å². The molecule has 6 N–H and O–H groups in total. The molecule has 0 saturated carbocycles. The van der Waals surface area contributed by atoms with Crippen LogP contribution in [0.25, 0.3) is 0 Å². The van der Waals surface area contributed by atoms with Crippen LogP contribution >= 0.6 is 0 Å². The first-order valence-corrected chi connectivity index (χ1v) is 42.1. The number of carboxylic acids is 3. The van der Waals surface area contributed by atoms with Crippen LogP contribution in [0, 0.1) is 17.0 Å². The molecule has 3 aromatic carbocycles. The third-order valence-corrected chi connectivity index (χ3v) is 24.0. The maximum atomic E-state index is 15.1. The normalized spacial score (nSPS) is 23.5. The molecule has 0 unspecified atom stereocenters. The van der Waals surface area contributed by atoms with E-state index in [2.05, 4.69) is 71.1 Å². The van der Waals surface area contributed by atoms with Crippen molar-refractivity contribution >= 4 is 35.4 Å². The number of rotatable bonds is 30. The maximum Gasteiger partial charge on any atom is 0.325 e. The van der Waals surface area contributed by atoms with Gasteiger partial charge in [-0.2, -0.15) is 0 Å². The number of halogens is 4. The van der Waals surface area contributed by atoms with Crippen LogP contribution in [-0.4, -0.2) is 186 Å². The highest BCUT2D eigenvalue weighted by atomic mass is 19.3. The number of nitrogens with zero attached hydrogens (tertiary/aromatic N) is 6. The fourth-order valence-electron chi connectivity index (χ4n) is 17.8. The predicted octanol–water partition coefficient (Wildman–Crippen LogP) is 15.9. The molecule has 0 aliphatic carbocycles. The first-order chi connectivity index (χ1) is 55.3. The minimum absolute atomic E-state index is 0.0429. The Morgan fingerprint density at radius 1 is 0.491 bits per heavy atom. The van der Waals surface area contributed by atoms with Crippen molar-refractivity contribution in [2.45, 2.75) is 235 Å². The summed E-state index contributed by atoms with van der Waals surface area (Å²) in [6.07, 6.45) is 20.8. The van der Waals surface area contributed by atoms with Crippen molar-refractivity contribution in [3.05, 3.63) is 176 Å². The van der Waals surface area contributed by atoms with E-state index in [9.17, 15) is 42.9 Å². The summed E-state index contributed by atoms with van der Waals surface area (Å²) in [6.45, 7) is 13.2. The van der Waals surface area contributed by atoms with E-state index in [1.165, 1.54) is 47.4 Å². The Balaban J connectivity index is 0.000000149. The fraction of sp³-hybridized carbons (Fsp3) is 0.596. The number of aliphatic carboxylic acids is 3. The highest BCUT2D eigenvalue weighted by Crippen LogP contribution is 2.44. The van der Waals surface area contributed by atoms with Crippen LogP contribution in [0.4, 0.5) is 35.0 Å². The molecule has 0 spiro atoms. The van der Waals surface area contributed by atoms with E-state index in [4.69, 9.17) is 43.4 Å². The summed E-state index contributed by atoms with van der Waals surface area (Å²) in [4.78, 5) is 57.3. The van der Waals surface area contributed by atoms with Gasteiger partial charge < -0.3 is 59.7 Å². The predicted molar refractivity (Wildman–Crippen MR) is 427 cm³/mol. The summed E-state index contributed by atoms with van der Waals surface area (Å²) in [6, 6.07) is 26.8. The van der Waals surface area contributed by atoms with Crippen LogP contribution in [0.15, 0.2) is 97.1 Å². The molecule has 6 aromatic rings. The zero-order chi connectivity index (χ0) is 79.6. The maximum absolute atomic E-state index is 15.1. The van der Waals surface area contributed by atoms with Crippen molar-refractivity contribution in [3.63, 3.8) is 0 Å². The third-order valence-electron chi connectivity index (χ3n) is 24.0. The Kier molecular flexibility index (Phi) is 29.9. The molecule has 114 heavy (non-hydrogen) atoms. The number of hydrogen-bond donors (Lipinski definition) is 6. The van der Waals surface area contributed by atoms with Gasteiger partial charge in [0.2, 0.25) is 0 Å². The number of ether oxygens (including phenoxy) is 6. The number of unbranched alkanes of at least 4 members (excludes halogenated alkanes) is 3. The number of likely N-dealkylation sites (tertiary alicyclic amines) is 3. The number of carbonyl (C=O) groups is 3. The smallest absolute Gasteiger partial charge is 0.325 e. The van der Waals surface area contributed by atoms with Crippen LogP contribution in [0.1, 0.15) is 239 Å². The third kappa shape index (κ3) is 22.7. The number of pyridine rings is 3. The lowest BCUT2D eigenvalue weighted by Crippen LogP contribution is -2.36. The molecular weight excluding hydrogens is 1460 g/mol. The summed E-state index contributed by atoms with van der Waals surface area (Å²) < 4.78 is 92.5. The Morgan fingerprint density at radius 2 is 0.947 bits per heavy atom. The molecule has 9 aliphatic heterocycles. The quantitative estimate of drug-likeness (QED) is 0.0181. The van der Waals surface area contributed by atoms with E-state index < -0.39 is 66.3 Å². The van der Waals surface area contributed by atoms with E-state index in [-0.39, 0.29) is 59.9 Å². The average Bonchev–Trinajstić information content (AvgIpc) is 1.49. The lowest BCUT2D eigenvalue weighted by Gasteiger charge is -2.36. The van der Waals surface area contributed by atoms with Crippen molar-refractivity contribution in [2.24, 2.45) is 5.41 Å². The molecule has 9 aliphatic rings. The van der Waals surface area contributed by atoms with Crippen LogP contribution in [0.5, 0.6) is 0 Å². The first-order valence-electron chi connectivity index (χ1n) is 42.1. The van der Waals surface area contributed by atoms with Gasteiger partial charge in [0.05, 0.1) is 43.2 Å². The van der Waals surface area contributed by atoms with Gasteiger partial charge >= 0.3 is 17.9 Å². The molecule has 618 valence electrons.